The van der Waals surface area contributed by atoms with Crippen molar-refractivity contribution in [2.75, 3.05) is 5.32 Å². The van der Waals surface area contributed by atoms with Gasteiger partial charge in [-0.1, -0.05) is 30.3 Å². The molecule has 0 amide bonds. The number of aliphatic hydroxyl groups is 1. The Labute approximate surface area is 138 Å². The van der Waals surface area contributed by atoms with E-state index in [9.17, 15) is 18.3 Å². The molecular weight excluding hydrogens is 315 g/mol. The van der Waals surface area contributed by atoms with E-state index in [-0.39, 0.29) is 17.9 Å². The molecule has 0 unspecified atom stereocenters. The van der Waals surface area contributed by atoms with E-state index in [0.29, 0.717) is 17.7 Å². The molecular formula is C19H18F3NO. The Bertz CT molecular complexity index is 744. The van der Waals surface area contributed by atoms with Gasteiger partial charge in [0, 0.05) is 11.6 Å². The van der Waals surface area contributed by atoms with Crippen molar-refractivity contribution in [2.24, 2.45) is 5.92 Å². The van der Waals surface area contributed by atoms with Gasteiger partial charge in [-0.05, 0) is 48.1 Å². The third kappa shape index (κ3) is 2.47. The molecule has 2 aromatic rings. The number of aliphatic hydroxyl groups excluding tert-OH is 1. The fraction of sp³-hybridized carbons (Fsp3) is 0.368. The van der Waals surface area contributed by atoms with Crippen molar-refractivity contribution in [2.45, 2.75) is 37.1 Å². The number of benzene rings is 2. The standard InChI is InChI=1S/C19H18F3NO/c20-19(21,22)12-6-8-15-14(10-12)17-13(7-9-16(17)24)18(23-15)11-4-2-1-3-5-11/h1-6,8,10,13,16-18,23-24H,7,9H2/t13-,16-,17+,18-/m1/s1. The highest BCUT2D eigenvalue weighted by atomic mass is 19.4. The van der Waals surface area contributed by atoms with Crippen molar-refractivity contribution in [3.8, 4) is 0 Å². The predicted octanol–water partition coefficient (Wildman–Crippen LogP) is 4.73. The highest BCUT2D eigenvalue weighted by Crippen LogP contribution is 2.53. The minimum atomic E-state index is -4.37. The molecule has 2 aliphatic rings. The van der Waals surface area contributed by atoms with E-state index in [2.05, 4.69) is 5.32 Å². The zero-order valence-corrected chi connectivity index (χ0v) is 12.9. The van der Waals surface area contributed by atoms with Gasteiger partial charge in [0.2, 0.25) is 0 Å². The second-order valence-electron chi connectivity index (χ2n) is 6.67. The van der Waals surface area contributed by atoms with Crippen LogP contribution in [0.1, 0.15) is 41.5 Å². The number of alkyl halides is 3. The van der Waals surface area contributed by atoms with Crippen molar-refractivity contribution in [1.29, 1.82) is 0 Å². The van der Waals surface area contributed by atoms with Gasteiger partial charge < -0.3 is 10.4 Å². The number of anilines is 1. The van der Waals surface area contributed by atoms with Crippen LogP contribution in [0.15, 0.2) is 48.5 Å². The lowest BCUT2D eigenvalue weighted by Gasteiger charge is -2.38. The fourth-order valence-electron chi connectivity index (χ4n) is 4.23. The first-order chi connectivity index (χ1) is 11.4. The predicted molar refractivity (Wildman–Crippen MR) is 85.7 cm³/mol. The summed E-state index contributed by atoms with van der Waals surface area (Å²) in [5.41, 5.74) is 1.73. The fourth-order valence-corrected chi connectivity index (χ4v) is 4.23. The van der Waals surface area contributed by atoms with Crippen LogP contribution in [-0.4, -0.2) is 11.2 Å². The molecule has 2 aromatic carbocycles. The largest absolute Gasteiger partial charge is 0.416 e. The van der Waals surface area contributed by atoms with Crippen LogP contribution in [0.25, 0.3) is 0 Å². The van der Waals surface area contributed by atoms with Gasteiger partial charge in [-0.25, -0.2) is 0 Å². The molecule has 1 saturated carbocycles. The van der Waals surface area contributed by atoms with Crippen LogP contribution in [0.4, 0.5) is 18.9 Å². The summed E-state index contributed by atoms with van der Waals surface area (Å²) in [7, 11) is 0. The molecule has 5 heteroatoms. The van der Waals surface area contributed by atoms with Crippen LogP contribution in [0.5, 0.6) is 0 Å². The maximum atomic E-state index is 13.1. The molecule has 24 heavy (non-hydrogen) atoms. The molecule has 4 atom stereocenters. The Morgan fingerprint density at radius 2 is 1.75 bits per heavy atom. The Morgan fingerprint density at radius 1 is 1.00 bits per heavy atom. The molecule has 0 spiro atoms. The Hall–Kier alpha value is -2.01. The van der Waals surface area contributed by atoms with Crippen molar-refractivity contribution in [3.63, 3.8) is 0 Å². The first-order valence-electron chi connectivity index (χ1n) is 8.16. The van der Waals surface area contributed by atoms with Crippen LogP contribution < -0.4 is 5.32 Å². The Morgan fingerprint density at radius 3 is 2.46 bits per heavy atom. The zero-order chi connectivity index (χ0) is 16.9. The van der Waals surface area contributed by atoms with Crippen molar-refractivity contribution < 1.29 is 18.3 Å². The van der Waals surface area contributed by atoms with Gasteiger partial charge in [0.15, 0.2) is 0 Å². The summed E-state index contributed by atoms with van der Waals surface area (Å²) >= 11 is 0. The van der Waals surface area contributed by atoms with E-state index in [1.54, 1.807) is 0 Å². The summed E-state index contributed by atoms with van der Waals surface area (Å²) in [5, 5.41) is 13.8. The van der Waals surface area contributed by atoms with E-state index in [1.165, 1.54) is 12.1 Å². The quantitative estimate of drug-likeness (QED) is 0.791. The topological polar surface area (TPSA) is 32.3 Å². The third-order valence-corrected chi connectivity index (χ3v) is 5.31. The summed E-state index contributed by atoms with van der Waals surface area (Å²) in [6.45, 7) is 0. The monoisotopic (exact) mass is 333 g/mol. The van der Waals surface area contributed by atoms with Crippen LogP contribution >= 0.6 is 0 Å². The van der Waals surface area contributed by atoms with E-state index in [4.69, 9.17) is 0 Å². The lowest BCUT2D eigenvalue weighted by atomic mass is 9.76. The molecule has 2 nitrogen and oxygen atoms in total. The van der Waals surface area contributed by atoms with E-state index in [0.717, 1.165) is 18.1 Å². The minimum absolute atomic E-state index is 0.0117. The van der Waals surface area contributed by atoms with Crippen LogP contribution in [-0.2, 0) is 6.18 Å². The van der Waals surface area contributed by atoms with Crippen molar-refractivity contribution in [1.82, 2.24) is 0 Å². The average molecular weight is 333 g/mol. The van der Waals surface area contributed by atoms with Gasteiger partial charge in [0.05, 0.1) is 17.7 Å². The summed E-state index contributed by atoms with van der Waals surface area (Å²) in [4.78, 5) is 0. The number of rotatable bonds is 1. The lowest BCUT2D eigenvalue weighted by Crippen LogP contribution is -2.32. The van der Waals surface area contributed by atoms with Crippen LogP contribution in [0.3, 0.4) is 0 Å². The van der Waals surface area contributed by atoms with Gasteiger partial charge in [0.1, 0.15) is 0 Å². The molecule has 0 radical (unpaired) electrons. The smallest absolute Gasteiger partial charge is 0.392 e. The molecule has 1 heterocycles. The molecule has 0 saturated heterocycles. The van der Waals surface area contributed by atoms with E-state index >= 15 is 0 Å². The SMILES string of the molecule is O[C@@H]1CC[C@@H]2[C@H]1c1cc(C(F)(F)F)ccc1N[C@@H]2c1ccccc1. The zero-order valence-electron chi connectivity index (χ0n) is 12.9. The van der Waals surface area contributed by atoms with Crippen molar-refractivity contribution >= 4 is 5.69 Å². The highest BCUT2D eigenvalue weighted by molar-refractivity contribution is 5.60. The second-order valence-corrected chi connectivity index (χ2v) is 6.67. The van der Waals surface area contributed by atoms with Gasteiger partial charge in [-0.3, -0.25) is 0 Å². The Balaban J connectivity index is 1.80. The first kappa shape index (κ1) is 15.5. The molecule has 126 valence electrons. The molecule has 2 N–H and O–H groups in total. The highest BCUT2D eigenvalue weighted by Gasteiger charge is 2.46. The lowest BCUT2D eigenvalue weighted by molar-refractivity contribution is -0.137. The first-order valence-corrected chi connectivity index (χ1v) is 8.16. The normalized spacial score (nSPS) is 28.8. The van der Waals surface area contributed by atoms with Crippen molar-refractivity contribution in [3.05, 3.63) is 65.2 Å². The second kappa shape index (κ2) is 5.52. The van der Waals surface area contributed by atoms with Crippen LogP contribution in [0, 0.1) is 5.92 Å². The molecule has 0 aromatic heterocycles. The maximum Gasteiger partial charge on any atom is 0.416 e. The number of nitrogens with one attached hydrogen (secondary N) is 1. The van der Waals surface area contributed by atoms with Gasteiger partial charge in [-0.2, -0.15) is 13.2 Å². The number of fused-ring (bicyclic) bond motifs is 3. The van der Waals surface area contributed by atoms with E-state index < -0.39 is 17.8 Å². The number of hydrogen-bond acceptors (Lipinski definition) is 2. The summed E-state index contributed by atoms with van der Waals surface area (Å²) in [6.07, 6.45) is -3.54. The number of hydrogen-bond donors (Lipinski definition) is 2. The van der Waals surface area contributed by atoms with Gasteiger partial charge in [0.25, 0.3) is 0 Å². The Kier molecular flexibility index (Phi) is 3.57. The molecule has 1 aliphatic carbocycles. The average Bonchev–Trinajstić information content (AvgIpc) is 2.96. The number of halogens is 3. The molecule has 0 bridgehead atoms. The van der Waals surface area contributed by atoms with Gasteiger partial charge >= 0.3 is 6.18 Å². The molecule has 1 fully saturated rings. The summed E-state index contributed by atoms with van der Waals surface area (Å²) < 4.78 is 39.2. The summed E-state index contributed by atoms with van der Waals surface area (Å²) in [5.74, 6) is -0.160. The minimum Gasteiger partial charge on any atom is -0.392 e. The maximum absolute atomic E-state index is 13.1. The third-order valence-electron chi connectivity index (χ3n) is 5.31. The molecule has 1 aliphatic heterocycles. The van der Waals surface area contributed by atoms with Gasteiger partial charge in [-0.15, -0.1) is 0 Å². The van der Waals surface area contributed by atoms with E-state index in [1.807, 2.05) is 30.3 Å². The van der Waals surface area contributed by atoms with Crippen LogP contribution in [0.2, 0.25) is 0 Å². The summed E-state index contributed by atoms with van der Waals surface area (Å²) in [6, 6.07) is 13.7. The molecule has 4 rings (SSSR count).